The first-order chi connectivity index (χ1) is 9.20. The van der Waals surface area contributed by atoms with Gasteiger partial charge in [-0.25, -0.2) is 0 Å². The molecule has 0 aromatic rings. The third-order valence-corrected chi connectivity index (χ3v) is 3.01. The minimum absolute atomic E-state index is 0.0833. The average Bonchev–Trinajstić information content (AvgIpc) is 2.29. The van der Waals surface area contributed by atoms with Crippen molar-refractivity contribution in [3.63, 3.8) is 0 Å². The Bertz CT molecular complexity index is 390. The molecular weight excluding hydrogens is 262 g/mol. The van der Waals surface area contributed by atoms with Crippen LogP contribution < -0.4 is 10.6 Å². The van der Waals surface area contributed by atoms with E-state index >= 15 is 0 Å². The van der Waals surface area contributed by atoms with Gasteiger partial charge in [-0.1, -0.05) is 0 Å². The fourth-order valence-electron chi connectivity index (χ4n) is 2.07. The van der Waals surface area contributed by atoms with Crippen LogP contribution in [0.3, 0.4) is 0 Å². The first-order valence-electron chi connectivity index (χ1n) is 6.75. The Balaban J connectivity index is 2.58. The molecule has 1 unspecified atom stereocenters. The van der Waals surface area contributed by atoms with Crippen LogP contribution in [0.2, 0.25) is 0 Å². The number of carboxylic acids is 1. The number of carbonyl (C=O) groups excluding carboxylic acids is 2. The topological polar surface area (TPSA) is 98.7 Å². The van der Waals surface area contributed by atoms with Crippen LogP contribution in [0.4, 0.5) is 0 Å². The molecule has 1 heterocycles. The zero-order valence-electron chi connectivity index (χ0n) is 12.2. The van der Waals surface area contributed by atoms with Crippen LogP contribution >= 0.6 is 0 Å². The first-order valence-corrected chi connectivity index (χ1v) is 6.75. The lowest BCUT2D eigenvalue weighted by atomic mass is 10.1. The number of carboxylic acid groups (broad SMARTS) is 1. The first kappa shape index (κ1) is 16.4. The standard InChI is InChI=1S/C13H23N3O4/c1-13(2,3)15-5-4-10(17)16-7-6-14-12(20)9(16)8-11(18)19/h9,15H,4-8H2,1-3H3,(H,14,20)(H,18,19). The van der Waals surface area contributed by atoms with Crippen molar-refractivity contribution in [3.05, 3.63) is 0 Å². The molecule has 1 aliphatic heterocycles. The number of aliphatic carboxylic acids is 1. The van der Waals surface area contributed by atoms with Gasteiger partial charge in [0.25, 0.3) is 0 Å². The van der Waals surface area contributed by atoms with Crippen LogP contribution in [-0.4, -0.2) is 59.0 Å². The number of nitrogens with one attached hydrogen (secondary N) is 2. The van der Waals surface area contributed by atoms with E-state index < -0.39 is 17.9 Å². The van der Waals surface area contributed by atoms with E-state index in [-0.39, 0.29) is 24.3 Å². The minimum Gasteiger partial charge on any atom is -0.481 e. The fraction of sp³-hybridized carbons (Fsp3) is 0.769. The van der Waals surface area contributed by atoms with Crippen molar-refractivity contribution in [2.24, 2.45) is 0 Å². The van der Waals surface area contributed by atoms with Gasteiger partial charge in [0.15, 0.2) is 0 Å². The van der Waals surface area contributed by atoms with Gasteiger partial charge in [0.2, 0.25) is 11.8 Å². The summed E-state index contributed by atoms with van der Waals surface area (Å²) in [6, 6.07) is -0.900. The second kappa shape index (κ2) is 6.69. The highest BCUT2D eigenvalue weighted by Gasteiger charge is 2.34. The molecule has 0 saturated carbocycles. The molecule has 0 aromatic heterocycles. The summed E-state index contributed by atoms with van der Waals surface area (Å²) >= 11 is 0. The highest BCUT2D eigenvalue weighted by Crippen LogP contribution is 2.11. The molecule has 20 heavy (non-hydrogen) atoms. The lowest BCUT2D eigenvalue weighted by Gasteiger charge is -2.34. The van der Waals surface area contributed by atoms with E-state index in [1.54, 1.807) is 0 Å². The molecule has 1 aliphatic rings. The lowest BCUT2D eigenvalue weighted by Crippen LogP contribution is -2.58. The Kier molecular flexibility index (Phi) is 5.50. The summed E-state index contributed by atoms with van der Waals surface area (Å²) in [7, 11) is 0. The zero-order chi connectivity index (χ0) is 15.3. The molecule has 0 aromatic carbocycles. The van der Waals surface area contributed by atoms with E-state index in [2.05, 4.69) is 10.6 Å². The third kappa shape index (κ3) is 5.16. The Morgan fingerprint density at radius 1 is 1.45 bits per heavy atom. The zero-order valence-corrected chi connectivity index (χ0v) is 12.2. The number of hydrogen-bond acceptors (Lipinski definition) is 4. The van der Waals surface area contributed by atoms with Gasteiger partial charge in [-0.3, -0.25) is 14.4 Å². The Morgan fingerprint density at radius 3 is 2.65 bits per heavy atom. The molecular formula is C13H23N3O4. The van der Waals surface area contributed by atoms with Gasteiger partial charge < -0.3 is 20.6 Å². The summed E-state index contributed by atoms with van der Waals surface area (Å²) < 4.78 is 0. The van der Waals surface area contributed by atoms with Gasteiger partial charge >= 0.3 is 5.97 Å². The van der Waals surface area contributed by atoms with Gasteiger partial charge in [-0.15, -0.1) is 0 Å². The monoisotopic (exact) mass is 285 g/mol. The number of hydrogen-bond donors (Lipinski definition) is 3. The van der Waals surface area contributed by atoms with Crippen molar-refractivity contribution in [1.29, 1.82) is 0 Å². The van der Waals surface area contributed by atoms with Crippen molar-refractivity contribution in [3.8, 4) is 0 Å². The van der Waals surface area contributed by atoms with Crippen molar-refractivity contribution >= 4 is 17.8 Å². The molecule has 0 radical (unpaired) electrons. The van der Waals surface area contributed by atoms with E-state index in [0.717, 1.165) is 0 Å². The maximum atomic E-state index is 12.1. The summed E-state index contributed by atoms with van der Waals surface area (Å²) in [5, 5.41) is 14.6. The molecule has 1 fully saturated rings. The fourth-order valence-corrected chi connectivity index (χ4v) is 2.07. The van der Waals surface area contributed by atoms with Gasteiger partial charge in [0.05, 0.1) is 6.42 Å². The minimum atomic E-state index is -1.09. The van der Waals surface area contributed by atoms with E-state index in [0.29, 0.717) is 19.6 Å². The number of amides is 2. The molecule has 7 nitrogen and oxygen atoms in total. The molecule has 7 heteroatoms. The summed E-state index contributed by atoms with van der Waals surface area (Å²) in [5.41, 5.74) is -0.0833. The SMILES string of the molecule is CC(C)(C)NCCC(=O)N1CCNC(=O)C1CC(=O)O. The maximum Gasteiger partial charge on any atom is 0.305 e. The second-order valence-corrected chi connectivity index (χ2v) is 5.92. The molecule has 1 saturated heterocycles. The molecule has 114 valence electrons. The normalized spacial score (nSPS) is 19.6. The molecule has 1 atom stereocenters. The van der Waals surface area contributed by atoms with Crippen molar-refractivity contribution in [2.45, 2.75) is 45.2 Å². The number of nitrogens with zero attached hydrogens (tertiary/aromatic N) is 1. The molecule has 0 aliphatic carbocycles. The Hall–Kier alpha value is -1.63. The largest absolute Gasteiger partial charge is 0.481 e. The van der Waals surface area contributed by atoms with Crippen molar-refractivity contribution < 1.29 is 19.5 Å². The van der Waals surface area contributed by atoms with Crippen LogP contribution in [0, 0.1) is 0 Å². The van der Waals surface area contributed by atoms with Crippen LogP contribution in [0.25, 0.3) is 0 Å². The molecule has 0 bridgehead atoms. The summed E-state index contributed by atoms with van der Waals surface area (Å²) in [5.74, 6) is -1.67. The van der Waals surface area contributed by atoms with E-state index in [4.69, 9.17) is 5.11 Å². The van der Waals surface area contributed by atoms with E-state index in [1.165, 1.54) is 4.90 Å². The summed E-state index contributed by atoms with van der Waals surface area (Å²) in [6.07, 6.45) is -0.106. The lowest BCUT2D eigenvalue weighted by molar-refractivity contribution is -0.148. The van der Waals surface area contributed by atoms with Gasteiger partial charge in [0, 0.05) is 31.6 Å². The van der Waals surface area contributed by atoms with Gasteiger partial charge in [0.1, 0.15) is 6.04 Å². The van der Waals surface area contributed by atoms with Crippen molar-refractivity contribution in [1.82, 2.24) is 15.5 Å². The van der Waals surface area contributed by atoms with E-state index in [1.807, 2.05) is 20.8 Å². The van der Waals surface area contributed by atoms with Crippen molar-refractivity contribution in [2.75, 3.05) is 19.6 Å². The summed E-state index contributed by atoms with van der Waals surface area (Å²) in [6.45, 7) is 7.23. The number of rotatable bonds is 5. The predicted octanol–water partition coefficient (Wildman–Crippen LogP) is -0.434. The smallest absolute Gasteiger partial charge is 0.305 e. The van der Waals surface area contributed by atoms with E-state index in [9.17, 15) is 14.4 Å². The average molecular weight is 285 g/mol. The highest BCUT2D eigenvalue weighted by atomic mass is 16.4. The third-order valence-electron chi connectivity index (χ3n) is 3.01. The van der Waals surface area contributed by atoms with Gasteiger partial charge in [-0.2, -0.15) is 0 Å². The van der Waals surface area contributed by atoms with Crippen LogP contribution in [-0.2, 0) is 14.4 Å². The van der Waals surface area contributed by atoms with Crippen LogP contribution in [0.1, 0.15) is 33.6 Å². The molecule has 3 N–H and O–H groups in total. The maximum absolute atomic E-state index is 12.1. The molecule has 0 spiro atoms. The summed E-state index contributed by atoms with van der Waals surface area (Å²) in [4.78, 5) is 36.0. The number of carbonyl (C=O) groups is 3. The second-order valence-electron chi connectivity index (χ2n) is 5.92. The Labute approximate surface area is 118 Å². The highest BCUT2D eigenvalue weighted by molar-refractivity contribution is 5.91. The van der Waals surface area contributed by atoms with Crippen LogP contribution in [0.5, 0.6) is 0 Å². The number of piperazine rings is 1. The molecule has 1 rings (SSSR count). The van der Waals surface area contributed by atoms with Crippen LogP contribution in [0.15, 0.2) is 0 Å². The Morgan fingerprint density at radius 2 is 2.10 bits per heavy atom. The molecule has 2 amide bonds. The van der Waals surface area contributed by atoms with Gasteiger partial charge in [-0.05, 0) is 20.8 Å². The quantitative estimate of drug-likeness (QED) is 0.636. The predicted molar refractivity (Wildman–Crippen MR) is 73.1 cm³/mol.